The number of thioether (sulfide) groups is 1. The van der Waals surface area contributed by atoms with E-state index in [1.807, 2.05) is 61.2 Å². The highest BCUT2D eigenvalue weighted by atomic mass is 35.5. The van der Waals surface area contributed by atoms with Gasteiger partial charge in [0.25, 0.3) is 5.91 Å². The van der Waals surface area contributed by atoms with Crippen molar-refractivity contribution in [2.45, 2.75) is 24.8 Å². The lowest BCUT2D eigenvalue weighted by Gasteiger charge is -2.36. The van der Waals surface area contributed by atoms with Gasteiger partial charge in [-0.2, -0.15) is 0 Å². The van der Waals surface area contributed by atoms with Crippen LogP contribution in [0.1, 0.15) is 27.6 Å². The van der Waals surface area contributed by atoms with Crippen LogP contribution in [0.2, 0.25) is 10.0 Å². The number of nitrogens with zero attached hydrogens (tertiary/aromatic N) is 7. The molecule has 0 unspecified atom stereocenters. The Kier molecular flexibility index (Phi) is 7.64. The quantitative estimate of drug-likeness (QED) is 0.238. The van der Waals surface area contributed by atoms with Crippen LogP contribution in [0.4, 0.5) is 5.69 Å². The molecule has 3 heterocycles. The molecule has 0 N–H and O–H groups in total. The van der Waals surface area contributed by atoms with E-state index < -0.39 is 0 Å². The summed E-state index contributed by atoms with van der Waals surface area (Å²) in [6.07, 6.45) is 0. The van der Waals surface area contributed by atoms with Gasteiger partial charge in [-0.1, -0.05) is 52.3 Å². The molecule has 4 aromatic rings. The second-order valence-corrected chi connectivity index (χ2v) is 10.5. The van der Waals surface area contributed by atoms with Crippen molar-refractivity contribution in [2.24, 2.45) is 0 Å². The third kappa shape index (κ3) is 5.74. The van der Waals surface area contributed by atoms with Gasteiger partial charge in [-0.05, 0) is 56.3 Å². The third-order valence-corrected chi connectivity index (χ3v) is 7.53. The molecular weight excluding hydrogens is 529 g/mol. The second-order valence-electron chi connectivity index (χ2n) is 8.73. The van der Waals surface area contributed by atoms with E-state index >= 15 is 0 Å². The highest BCUT2D eigenvalue weighted by Crippen LogP contribution is 2.28. The number of piperazine rings is 1. The van der Waals surface area contributed by atoms with E-state index in [0.717, 1.165) is 22.8 Å². The van der Waals surface area contributed by atoms with E-state index in [9.17, 15) is 4.79 Å². The smallest absolute Gasteiger partial charge is 0.276 e. The molecule has 190 valence electrons. The van der Waals surface area contributed by atoms with E-state index in [1.54, 1.807) is 16.8 Å². The average Bonchev–Trinajstić information content (AvgIpc) is 3.31. The van der Waals surface area contributed by atoms with Crippen LogP contribution in [-0.4, -0.2) is 61.9 Å². The molecule has 5 rings (SSSR count). The molecule has 2 aromatic heterocycles. The SMILES string of the molecule is Cc1cc(C)nc(SCc2c(C(=O)N3CCN(c4ccccc4Cl)CC3)nnn2-c2ccc(Cl)cc2)n1. The summed E-state index contributed by atoms with van der Waals surface area (Å²) in [6, 6.07) is 17.0. The number of carbonyl (C=O) groups excluding carboxylic acids is 1. The molecule has 0 spiro atoms. The number of hydrogen-bond acceptors (Lipinski definition) is 7. The van der Waals surface area contributed by atoms with Gasteiger partial charge in [-0.25, -0.2) is 14.6 Å². The van der Waals surface area contributed by atoms with Gasteiger partial charge in [0.05, 0.1) is 22.1 Å². The Morgan fingerprint density at radius 3 is 2.30 bits per heavy atom. The summed E-state index contributed by atoms with van der Waals surface area (Å²) in [6.45, 7) is 6.36. The van der Waals surface area contributed by atoms with Gasteiger partial charge in [0.15, 0.2) is 10.9 Å². The van der Waals surface area contributed by atoms with Crippen LogP contribution >= 0.6 is 35.0 Å². The average molecular weight is 555 g/mol. The van der Waals surface area contributed by atoms with Crippen molar-refractivity contribution in [1.29, 1.82) is 0 Å². The van der Waals surface area contributed by atoms with E-state index in [0.29, 0.717) is 58.5 Å². The molecule has 0 aliphatic carbocycles. The lowest BCUT2D eigenvalue weighted by Crippen LogP contribution is -2.49. The van der Waals surface area contributed by atoms with Gasteiger partial charge in [-0.3, -0.25) is 4.79 Å². The number of amides is 1. The number of rotatable bonds is 6. The molecular formula is C26H25Cl2N7OS. The lowest BCUT2D eigenvalue weighted by atomic mass is 10.2. The number of halogens is 2. The number of para-hydroxylation sites is 1. The van der Waals surface area contributed by atoms with Crippen molar-refractivity contribution in [3.05, 3.63) is 87.4 Å². The van der Waals surface area contributed by atoms with Gasteiger partial charge in [0, 0.05) is 48.3 Å². The largest absolute Gasteiger partial charge is 0.367 e. The van der Waals surface area contributed by atoms with Gasteiger partial charge in [-0.15, -0.1) is 5.10 Å². The Hall–Kier alpha value is -3.14. The van der Waals surface area contributed by atoms with E-state index in [-0.39, 0.29) is 5.91 Å². The Labute approximate surface area is 229 Å². The van der Waals surface area contributed by atoms with Crippen LogP contribution < -0.4 is 4.90 Å². The Balaban J connectivity index is 1.39. The highest BCUT2D eigenvalue weighted by Gasteiger charge is 2.29. The van der Waals surface area contributed by atoms with E-state index in [4.69, 9.17) is 23.2 Å². The number of anilines is 1. The summed E-state index contributed by atoms with van der Waals surface area (Å²) >= 11 is 13.9. The molecule has 1 saturated heterocycles. The Morgan fingerprint density at radius 1 is 0.946 bits per heavy atom. The molecule has 1 aliphatic rings. The van der Waals surface area contributed by atoms with Crippen LogP contribution in [-0.2, 0) is 5.75 Å². The first-order chi connectivity index (χ1) is 17.9. The first-order valence-electron chi connectivity index (χ1n) is 11.8. The predicted octanol–water partition coefficient (Wildman–Crippen LogP) is 5.24. The molecule has 8 nitrogen and oxygen atoms in total. The molecule has 0 radical (unpaired) electrons. The predicted molar refractivity (Wildman–Crippen MR) is 147 cm³/mol. The zero-order chi connectivity index (χ0) is 25.9. The number of carbonyl (C=O) groups is 1. The molecule has 1 amide bonds. The molecule has 1 aliphatic heterocycles. The minimum Gasteiger partial charge on any atom is -0.367 e. The van der Waals surface area contributed by atoms with Crippen LogP contribution in [0.5, 0.6) is 0 Å². The van der Waals surface area contributed by atoms with Crippen molar-refractivity contribution >= 4 is 46.6 Å². The fraction of sp³-hybridized carbons (Fsp3) is 0.269. The fourth-order valence-corrected chi connectivity index (χ4v) is 5.61. The number of hydrogen-bond donors (Lipinski definition) is 0. The zero-order valence-electron chi connectivity index (χ0n) is 20.4. The number of benzene rings is 2. The fourth-order valence-electron chi connectivity index (χ4n) is 4.29. The summed E-state index contributed by atoms with van der Waals surface area (Å²) in [5.41, 5.74) is 4.57. The summed E-state index contributed by atoms with van der Waals surface area (Å²) in [5.74, 6) is 0.287. The monoisotopic (exact) mass is 553 g/mol. The summed E-state index contributed by atoms with van der Waals surface area (Å²) in [7, 11) is 0. The first kappa shape index (κ1) is 25.5. The van der Waals surface area contributed by atoms with Crippen LogP contribution in [0.15, 0.2) is 59.8 Å². The molecule has 0 bridgehead atoms. The maximum Gasteiger partial charge on any atom is 0.276 e. The zero-order valence-corrected chi connectivity index (χ0v) is 22.8. The lowest BCUT2D eigenvalue weighted by molar-refractivity contribution is 0.0740. The van der Waals surface area contributed by atoms with Crippen LogP contribution in [0.25, 0.3) is 5.69 Å². The van der Waals surface area contributed by atoms with Crippen molar-refractivity contribution in [3.8, 4) is 5.69 Å². The van der Waals surface area contributed by atoms with Gasteiger partial charge < -0.3 is 9.80 Å². The minimum absolute atomic E-state index is 0.143. The Bertz CT molecular complexity index is 1400. The van der Waals surface area contributed by atoms with Crippen molar-refractivity contribution < 1.29 is 4.79 Å². The molecule has 11 heteroatoms. The van der Waals surface area contributed by atoms with Crippen LogP contribution in [0.3, 0.4) is 0 Å². The maximum atomic E-state index is 13.7. The molecule has 2 aromatic carbocycles. The third-order valence-electron chi connectivity index (χ3n) is 6.10. The van der Waals surface area contributed by atoms with Crippen molar-refractivity contribution in [2.75, 3.05) is 31.1 Å². The molecule has 37 heavy (non-hydrogen) atoms. The standard InChI is InChI=1S/C26H25Cl2N7OS/c1-17-15-18(2)30-26(29-17)37-16-23-24(31-32-35(23)20-9-7-19(27)8-10-20)25(36)34-13-11-33(12-14-34)22-6-4-3-5-21(22)28/h3-10,15H,11-14,16H2,1-2H3. The first-order valence-corrected chi connectivity index (χ1v) is 13.6. The molecule has 0 saturated carbocycles. The minimum atomic E-state index is -0.143. The van der Waals surface area contributed by atoms with Gasteiger partial charge in [0.2, 0.25) is 0 Å². The summed E-state index contributed by atoms with van der Waals surface area (Å²) < 4.78 is 1.69. The van der Waals surface area contributed by atoms with E-state index in [2.05, 4.69) is 25.2 Å². The Morgan fingerprint density at radius 2 is 1.62 bits per heavy atom. The van der Waals surface area contributed by atoms with Gasteiger partial charge in [0.1, 0.15) is 0 Å². The van der Waals surface area contributed by atoms with Crippen molar-refractivity contribution in [3.63, 3.8) is 0 Å². The topological polar surface area (TPSA) is 80.0 Å². The summed E-state index contributed by atoms with van der Waals surface area (Å²) in [4.78, 5) is 26.7. The summed E-state index contributed by atoms with van der Waals surface area (Å²) in [5, 5.41) is 10.7. The highest BCUT2D eigenvalue weighted by molar-refractivity contribution is 7.98. The number of aromatic nitrogens is 5. The van der Waals surface area contributed by atoms with Gasteiger partial charge >= 0.3 is 0 Å². The maximum absolute atomic E-state index is 13.7. The molecule has 0 atom stereocenters. The molecule has 1 fully saturated rings. The van der Waals surface area contributed by atoms with Crippen LogP contribution in [0, 0.1) is 13.8 Å². The number of aryl methyl sites for hydroxylation is 2. The van der Waals surface area contributed by atoms with Crippen molar-refractivity contribution in [1.82, 2.24) is 29.9 Å². The second kappa shape index (κ2) is 11.1. The van der Waals surface area contributed by atoms with E-state index in [1.165, 1.54) is 11.8 Å². The normalized spacial score (nSPS) is 13.7.